The van der Waals surface area contributed by atoms with Gasteiger partial charge in [0.05, 0.1) is 37.6 Å². The van der Waals surface area contributed by atoms with Gasteiger partial charge in [0, 0.05) is 19.4 Å². The van der Waals surface area contributed by atoms with Crippen LogP contribution in [0.4, 0.5) is 4.79 Å². The highest BCUT2D eigenvalue weighted by Crippen LogP contribution is 2.32. The minimum Gasteiger partial charge on any atom is -0.373 e. The molecule has 0 aromatic rings. The lowest BCUT2D eigenvalue weighted by atomic mass is 10.0. The molecule has 27 heavy (non-hydrogen) atoms. The Morgan fingerprint density at radius 1 is 1.19 bits per heavy atom. The lowest BCUT2D eigenvalue weighted by Gasteiger charge is -2.29. The summed E-state index contributed by atoms with van der Waals surface area (Å²) in [4.78, 5) is 31.5. The third kappa shape index (κ3) is 3.88. The van der Waals surface area contributed by atoms with Gasteiger partial charge in [-0.15, -0.1) is 4.28 Å². The monoisotopic (exact) mass is 407 g/mol. The molecular formula is C14H21N3O9S. The van der Waals surface area contributed by atoms with E-state index in [1.165, 1.54) is 4.90 Å². The molecule has 3 saturated heterocycles. The van der Waals surface area contributed by atoms with Crippen LogP contribution < -0.4 is 5.48 Å². The number of ether oxygens (including phenoxy) is 2. The van der Waals surface area contributed by atoms with Gasteiger partial charge in [0.15, 0.2) is 0 Å². The molecular weight excluding hydrogens is 386 g/mol. The predicted molar refractivity (Wildman–Crippen MR) is 85.1 cm³/mol. The van der Waals surface area contributed by atoms with E-state index in [1.54, 1.807) is 0 Å². The number of amides is 3. The van der Waals surface area contributed by atoms with Crippen molar-refractivity contribution in [2.24, 2.45) is 0 Å². The molecule has 3 heterocycles. The van der Waals surface area contributed by atoms with Crippen molar-refractivity contribution in [3.63, 3.8) is 0 Å². The van der Waals surface area contributed by atoms with Gasteiger partial charge in [0.25, 0.3) is 5.91 Å². The molecule has 1 aliphatic carbocycles. The van der Waals surface area contributed by atoms with Crippen LogP contribution in [0.15, 0.2) is 0 Å². The standard InChI is InChI=1S/C14H21N3O9S/c18-13(15-25-9-5-11-12(6-9)24-4-3-23-11)10-2-1-8-7-16(10)14(19)17(8)26-27(20,21)22/h8-12H,1-7H2,(H,15,18)(H,20,21,22)/t8?,9?,10-,11?,12?/m0/s1. The third-order valence-electron chi connectivity index (χ3n) is 5.28. The summed E-state index contributed by atoms with van der Waals surface area (Å²) in [7, 11) is -4.82. The van der Waals surface area contributed by atoms with Gasteiger partial charge in [-0.2, -0.15) is 13.5 Å². The molecule has 12 nitrogen and oxygen atoms in total. The number of hydrogen-bond donors (Lipinski definition) is 2. The van der Waals surface area contributed by atoms with Crippen LogP contribution in [-0.4, -0.2) is 85.0 Å². The van der Waals surface area contributed by atoms with Crippen molar-refractivity contribution in [2.75, 3.05) is 19.8 Å². The maximum Gasteiger partial charge on any atom is 0.418 e. The first-order chi connectivity index (χ1) is 12.8. The van der Waals surface area contributed by atoms with Crippen molar-refractivity contribution >= 4 is 22.3 Å². The van der Waals surface area contributed by atoms with E-state index in [0.717, 1.165) is 0 Å². The molecule has 4 fully saturated rings. The number of urea groups is 1. The van der Waals surface area contributed by atoms with E-state index in [9.17, 15) is 18.0 Å². The van der Waals surface area contributed by atoms with E-state index in [0.29, 0.717) is 44.0 Å². The van der Waals surface area contributed by atoms with E-state index < -0.39 is 34.4 Å². The second-order valence-electron chi connectivity index (χ2n) is 7.01. The van der Waals surface area contributed by atoms with Crippen molar-refractivity contribution in [1.29, 1.82) is 0 Å². The van der Waals surface area contributed by atoms with Crippen LogP contribution in [0.2, 0.25) is 0 Å². The first kappa shape index (κ1) is 18.8. The zero-order valence-corrected chi connectivity index (χ0v) is 15.2. The van der Waals surface area contributed by atoms with Gasteiger partial charge in [0.2, 0.25) is 0 Å². The minimum atomic E-state index is -4.82. The average molecular weight is 407 g/mol. The Morgan fingerprint density at radius 2 is 1.85 bits per heavy atom. The molecule has 4 atom stereocenters. The summed E-state index contributed by atoms with van der Waals surface area (Å²) in [5.41, 5.74) is 2.40. The van der Waals surface area contributed by atoms with Gasteiger partial charge >= 0.3 is 16.4 Å². The molecule has 3 aliphatic heterocycles. The summed E-state index contributed by atoms with van der Waals surface area (Å²) in [6.07, 6.45) is 1.56. The number of carbonyl (C=O) groups excluding carboxylic acids is 2. The summed E-state index contributed by atoms with van der Waals surface area (Å²) in [5, 5.41) is 0.597. The fourth-order valence-corrected chi connectivity index (χ4v) is 4.47. The molecule has 0 aromatic heterocycles. The Hall–Kier alpha value is -1.51. The smallest absolute Gasteiger partial charge is 0.373 e. The molecule has 4 rings (SSSR count). The largest absolute Gasteiger partial charge is 0.418 e. The maximum atomic E-state index is 12.5. The number of carbonyl (C=O) groups is 2. The Bertz CT molecular complexity index is 703. The lowest BCUT2D eigenvalue weighted by molar-refractivity contribution is -0.143. The van der Waals surface area contributed by atoms with Gasteiger partial charge in [-0.3, -0.25) is 14.2 Å². The number of hydrogen-bond acceptors (Lipinski definition) is 8. The Kier molecular flexibility index (Phi) is 4.98. The van der Waals surface area contributed by atoms with Crippen LogP contribution in [0, 0.1) is 0 Å². The summed E-state index contributed by atoms with van der Waals surface area (Å²) < 4.78 is 46.1. The number of piperidine rings is 1. The molecule has 0 radical (unpaired) electrons. The number of fused-ring (bicyclic) bond motifs is 3. The fraction of sp³-hybridized carbons (Fsp3) is 0.857. The fourth-order valence-electron chi connectivity index (χ4n) is 4.08. The second-order valence-corrected chi connectivity index (χ2v) is 8.01. The number of hydroxylamine groups is 3. The first-order valence-electron chi connectivity index (χ1n) is 8.77. The van der Waals surface area contributed by atoms with Crippen molar-refractivity contribution < 1.29 is 41.2 Å². The molecule has 3 unspecified atom stereocenters. The molecule has 2 bridgehead atoms. The topological polar surface area (TPSA) is 144 Å². The highest BCUT2D eigenvalue weighted by atomic mass is 32.3. The molecule has 2 N–H and O–H groups in total. The van der Waals surface area contributed by atoms with Crippen LogP contribution in [0.1, 0.15) is 25.7 Å². The Balaban J connectivity index is 1.32. The van der Waals surface area contributed by atoms with E-state index in [-0.39, 0.29) is 24.9 Å². The zero-order valence-electron chi connectivity index (χ0n) is 14.4. The van der Waals surface area contributed by atoms with Crippen molar-refractivity contribution in [1.82, 2.24) is 15.4 Å². The van der Waals surface area contributed by atoms with Gasteiger partial charge < -0.3 is 14.4 Å². The molecule has 1 saturated carbocycles. The highest BCUT2D eigenvalue weighted by Gasteiger charge is 2.49. The quantitative estimate of drug-likeness (QED) is 0.432. The summed E-state index contributed by atoms with van der Waals surface area (Å²) in [6.45, 7) is 1.22. The van der Waals surface area contributed by atoms with E-state index in [1.807, 2.05) is 0 Å². The number of nitrogens with zero attached hydrogens (tertiary/aromatic N) is 2. The first-order valence-corrected chi connectivity index (χ1v) is 10.1. The van der Waals surface area contributed by atoms with Crippen molar-refractivity contribution in [3.05, 3.63) is 0 Å². The average Bonchev–Trinajstić information content (AvgIpc) is 3.14. The molecule has 13 heteroatoms. The number of rotatable bonds is 5. The van der Waals surface area contributed by atoms with Crippen LogP contribution in [0.25, 0.3) is 0 Å². The van der Waals surface area contributed by atoms with Gasteiger partial charge in [-0.05, 0) is 12.8 Å². The maximum absolute atomic E-state index is 12.5. The van der Waals surface area contributed by atoms with E-state index >= 15 is 0 Å². The Morgan fingerprint density at radius 3 is 2.48 bits per heavy atom. The van der Waals surface area contributed by atoms with Crippen LogP contribution >= 0.6 is 0 Å². The van der Waals surface area contributed by atoms with Crippen molar-refractivity contribution in [3.8, 4) is 0 Å². The summed E-state index contributed by atoms with van der Waals surface area (Å²) in [5.74, 6) is -0.493. The minimum absolute atomic E-state index is 0.0395. The highest BCUT2D eigenvalue weighted by molar-refractivity contribution is 7.80. The lowest BCUT2D eigenvalue weighted by Crippen LogP contribution is -2.50. The number of nitrogens with one attached hydrogen (secondary N) is 1. The third-order valence-corrected chi connectivity index (χ3v) is 5.63. The van der Waals surface area contributed by atoms with Gasteiger partial charge in [-0.25, -0.2) is 10.3 Å². The van der Waals surface area contributed by atoms with Crippen LogP contribution in [0.5, 0.6) is 0 Å². The molecule has 3 amide bonds. The van der Waals surface area contributed by atoms with Gasteiger partial charge in [-0.1, -0.05) is 0 Å². The molecule has 0 aromatic carbocycles. The predicted octanol–water partition coefficient (Wildman–Crippen LogP) is -1.02. The second kappa shape index (κ2) is 7.14. The molecule has 152 valence electrons. The zero-order chi connectivity index (χ0) is 19.2. The molecule has 0 spiro atoms. The van der Waals surface area contributed by atoms with Gasteiger partial charge in [0.1, 0.15) is 6.04 Å². The SMILES string of the molecule is O=C(NOC1CC2OCCOC2C1)[C@@H]1CCC2CN1C(=O)N2OS(=O)(=O)O. The van der Waals surface area contributed by atoms with Crippen molar-refractivity contribution in [2.45, 2.75) is 56.1 Å². The normalized spacial score (nSPS) is 36.0. The molecule has 4 aliphatic rings. The van der Waals surface area contributed by atoms with E-state index in [4.69, 9.17) is 18.9 Å². The Labute approximate surface area is 155 Å². The van der Waals surface area contributed by atoms with Crippen LogP contribution in [-0.2, 0) is 33.8 Å². The summed E-state index contributed by atoms with van der Waals surface area (Å²) in [6, 6.07) is -2.14. The summed E-state index contributed by atoms with van der Waals surface area (Å²) >= 11 is 0. The van der Waals surface area contributed by atoms with E-state index in [2.05, 4.69) is 9.76 Å². The van der Waals surface area contributed by atoms with Crippen LogP contribution in [0.3, 0.4) is 0 Å².